The average Bonchev–Trinajstić information content (AvgIpc) is 3.01. The SMILES string of the molecule is NC1=NC2(CCN(C(=O)c3ccc(Cl)s3)CC2)Nc2ccccc21. The van der Waals surface area contributed by atoms with E-state index in [1.807, 2.05) is 29.2 Å². The van der Waals surface area contributed by atoms with Crippen LogP contribution in [-0.2, 0) is 0 Å². The van der Waals surface area contributed by atoms with E-state index in [4.69, 9.17) is 22.3 Å². The Balaban J connectivity index is 1.51. The molecule has 0 atom stereocenters. The molecule has 1 saturated heterocycles. The monoisotopic (exact) mass is 360 g/mol. The van der Waals surface area contributed by atoms with Gasteiger partial charge in [-0.15, -0.1) is 11.3 Å². The molecule has 0 bridgehead atoms. The Labute approximate surface area is 149 Å². The van der Waals surface area contributed by atoms with E-state index >= 15 is 0 Å². The molecule has 5 nitrogen and oxygen atoms in total. The number of likely N-dealkylation sites (tertiary alicyclic amines) is 1. The quantitative estimate of drug-likeness (QED) is 0.820. The van der Waals surface area contributed by atoms with Crippen LogP contribution in [0.1, 0.15) is 28.1 Å². The van der Waals surface area contributed by atoms with Crippen LogP contribution >= 0.6 is 22.9 Å². The molecule has 3 heterocycles. The second-order valence-corrected chi connectivity index (χ2v) is 7.81. The Bertz CT molecular complexity index is 824. The molecule has 4 rings (SSSR count). The van der Waals surface area contributed by atoms with Crippen molar-refractivity contribution in [2.24, 2.45) is 10.7 Å². The Morgan fingerprint density at radius 1 is 1.25 bits per heavy atom. The number of para-hydroxylation sites is 1. The molecule has 0 unspecified atom stereocenters. The van der Waals surface area contributed by atoms with Crippen molar-refractivity contribution in [2.45, 2.75) is 18.5 Å². The molecule has 1 aromatic carbocycles. The van der Waals surface area contributed by atoms with Crippen molar-refractivity contribution in [3.8, 4) is 0 Å². The molecule has 2 aliphatic heterocycles. The molecule has 2 aromatic rings. The number of amidine groups is 1. The minimum atomic E-state index is -0.414. The lowest BCUT2D eigenvalue weighted by Gasteiger charge is -2.42. The van der Waals surface area contributed by atoms with Crippen LogP contribution in [0.25, 0.3) is 0 Å². The standard InChI is InChI=1S/C17H17ClN4OS/c18-14-6-5-13(24-14)16(23)22-9-7-17(8-10-22)20-12-4-2-1-3-11(12)15(19)21-17/h1-6,20H,7-10H2,(H2,19,21). The fraction of sp³-hybridized carbons (Fsp3) is 0.294. The fourth-order valence-electron chi connectivity index (χ4n) is 3.29. The highest BCUT2D eigenvalue weighted by Gasteiger charge is 2.39. The molecule has 24 heavy (non-hydrogen) atoms. The Kier molecular flexibility index (Phi) is 3.73. The van der Waals surface area contributed by atoms with E-state index in [1.165, 1.54) is 11.3 Å². The van der Waals surface area contributed by atoms with Gasteiger partial charge in [0, 0.05) is 37.2 Å². The van der Waals surface area contributed by atoms with Gasteiger partial charge in [0.1, 0.15) is 11.5 Å². The maximum Gasteiger partial charge on any atom is 0.263 e. The molecule has 7 heteroatoms. The number of halogens is 1. The summed E-state index contributed by atoms with van der Waals surface area (Å²) in [5.41, 5.74) is 7.69. The van der Waals surface area contributed by atoms with Crippen LogP contribution in [0, 0.1) is 0 Å². The van der Waals surface area contributed by atoms with Gasteiger partial charge in [0.2, 0.25) is 0 Å². The topological polar surface area (TPSA) is 70.7 Å². The summed E-state index contributed by atoms with van der Waals surface area (Å²) in [4.78, 5) is 19.8. The second-order valence-electron chi connectivity index (χ2n) is 6.10. The normalized spacial score (nSPS) is 18.7. The lowest BCUT2D eigenvalue weighted by Crippen LogP contribution is -2.52. The third kappa shape index (κ3) is 2.65. The highest BCUT2D eigenvalue weighted by molar-refractivity contribution is 7.17. The van der Waals surface area contributed by atoms with Gasteiger partial charge in [-0.2, -0.15) is 0 Å². The molecular weight excluding hydrogens is 344 g/mol. The average molecular weight is 361 g/mol. The summed E-state index contributed by atoms with van der Waals surface area (Å²) in [6.07, 6.45) is 1.46. The number of carbonyl (C=O) groups is 1. The number of nitrogens with one attached hydrogen (secondary N) is 1. The van der Waals surface area contributed by atoms with Crippen LogP contribution < -0.4 is 11.1 Å². The first-order valence-corrected chi connectivity index (χ1v) is 9.03. The first-order chi connectivity index (χ1) is 11.6. The number of nitrogens with two attached hydrogens (primary N) is 1. The number of benzene rings is 1. The van der Waals surface area contributed by atoms with Crippen molar-refractivity contribution in [2.75, 3.05) is 18.4 Å². The van der Waals surface area contributed by atoms with Gasteiger partial charge in [-0.05, 0) is 24.3 Å². The smallest absolute Gasteiger partial charge is 0.263 e. The third-order valence-electron chi connectivity index (χ3n) is 4.57. The van der Waals surface area contributed by atoms with Crippen molar-refractivity contribution in [1.29, 1.82) is 0 Å². The van der Waals surface area contributed by atoms with Crippen molar-refractivity contribution in [1.82, 2.24) is 4.90 Å². The minimum absolute atomic E-state index is 0.0370. The van der Waals surface area contributed by atoms with Gasteiger partial charge < -0.3 is 16.0 Å². The lowest BCUT2D eigenvalue weighted by molar-refractivity contribution is 0.0690. The second kappa shape index (κ2) is 5.79. The molecule has 124 valence electrons. The maximum absolute atomic E-state index is 12.5. The zero-order valence-electron chi connectivity index (χ0n) is 13.0. The van der Waals surface area contributed by atoms with Gasteiger partial charge in [0.05, 0.1) is 9.21 Å². The highest BCUT2D eigenvalue weighted by atomic mass is 35.5. The van der Waals surface area contributed by atoms with Gasteiger partial charge in [0.25, 0.3) is 5.91 Å². The van der Waals surface area contributed by atoms with Gasteiger partial charge in [-0.1, -0.05) is 23.7 Å². The fourth-order valence-corrected chi connectivity index (χ4v) is 4.30. The predicted molar refractivity (Wildman–Crippen MR) is 98.0 cm³/mol. The van der Waals surface area contributed by atoms with Gasteiger partial charge in [-0.25, -0.2) is 4.99 Å². The van der Waals surface area contributed by atoms with Crippen LogP contribution in [0.5, 0.6) is 0 Å². The van der Waals surface area contributed by atoms with Crippen molar-refractivity contribution in [3.05, 3.63) is 51.2 Å². The summed E-state index contributed by atoms with van der Waals surface area (Å²) >= 11 is 7.25. The largest absolute Gasteiger partial charge is 0.383 e. The molecule has 1 amide bonds. The zero-order chi connectivity index (χ0) is 16.7. The molecule has 0 saturated carbocycles. The van der Waals surface area contributed by atoms with Crippen LogP contribution in [0.2, 0.25) is 4.34 Å². The first-order valence-electron chi connectivity index (χ1n) is 7.84. The number of anilines is 1. The van der Waals surface area contributed by atoms with E-state index in [0.29, 0.717) is 28.1 Å². The van der Waals surface area contributed by atoms with E-state index in [-0.39, 0.29) is 5.91 Å². The van der Waals surface area contributed by atoms with Crippen molar-refractivity contribution >= 4 is 40.4 Å². The summed E-state index contributed by atoms with van der Waals surface area (Å²) in [7, 11) is 0. The number of hydrogen-bond acceptors (Lipinski definition) is 5. The zero-order valence-corrected chi connectivity index (χ0v) is 14.5. The van der Waals surface area contributed by atoms with Crippen molar-refractivity contribution in [3.63, 3.8) is 0 Å². The van der Waals surface area contributed by atoms with Gasteiger partial charge >= 0.3 is 0 Å². The number of aliphatic imine (C=N–C) groups is 1. The van der Waals surface area contributed by atoms with Gasteiger partial charge in [-0.3, -0.25) is 4.79 Å². The van der Waals surface area contributed by atoms with Crippen LogP contribution in [0.3, 0.4) is 0 Å². The molecule has 1 fully saturated rings. The minimum Gasteiger partial charge on any atom is -0.383 e. The van der Waals surface area contributed by atoms with Crippen LogP contribution in [0.4, 0.5) is 5.69 Å². The molecule has 1 aromatic heterocycles. The summed E-state index contributed by atoms with van der Waals surface area (Å²) < 4.78 is 0.634. The summed E-state index contributed by atoms with van der Waals surface area (Å²) in [6.45, 7) is 1.28. The van der Waals surface area contributed by atoms with Crippen LogP contribution in [-0.4, -0.2) is 35.4 Å². The summed E-state index contributed by atoms with van der Waals surface area (Å²) in [6, 6.07) is 11.5. The third-order valence-corrected chi connectivity index (χ3v) is 5.79. The van der Waals surface area contributed by atoms with Crippen molar-refractivity contribution < 1.29 is 4.79 Å². The number of hydrogen-bond donors (Lipinski definition) is 2. The molecule has 3 N–H and O–H groups in total. The number of carbonyl (C=O) groups excluding carboxylic acids is 1. The summed E-state index contributed by atoms with van der Waals surface area (Å²) in [5, 5.41) is 3.52. The van der Waals surface area contributed by atoms with E-state index in [9.17, 15) is 4.79 Å². The number of nitrogens with zero attached hydrogens (tertiary/aromatic N) is 2. The number of thiophene rings is 1. The molecular formula is C17H17ClN4OS. The summed E-state index contributed by atoms with van der Waals surface area (Å²) in [5.74, 6) is 0.601. The number of rotatable bonds is 1. The predicted octanol–water partition coefficient (Wildman–Crippen LogP) is 3.16. The number of fused-ring (bicyclic) bond motifs is 1. The van der Waals surface area contributed by atoms with E-state index in [1.54, 1.807) is 12.1 Å². The van der Waals surface area contributed by atoms with E-state index in [2.05, 4.69) is 5.32 Å². The Morgan fingerprint density at radius 2 is 2.00 bits per heavy atom. The molecule has 1 spiro atoms. The highest BCUT2D eigenvalue weighted by Crippen LogP contribution is 2.34. The molecule has 2 aliphatic rings. The maximum atomic E-state index is 12.5. The van der Waals surface area contributed by atoms with Gasteiger partial charge in [0.15, 0.2) is 0 Å². The molecule has 0 radical (unpaired) electrons. The Hall–Kier alpha value is -2.05. The first kappa shape index (κ1) is 15.5. The van der Waals surface area contributed by atoms with Crippen LogP contribution in [0.15, 0.2) is 41.4 Å². The Morgan fingerprint density at radius 3 is 2.71 bits per heavy atom. The van der Waals surface area contributed by atoms with E-state index < -0.39 is 5.66 Å². The number of amides is 1. The lowest BCUT2D eigenvalue weighted by atomic mass is 9.93. The number of piperidine rings is 1. The van der Waals surface area contributed by atoms with E-state index in [0.717, 1.165) is 24.1 Å². The molecule has 0 aliphatic carbocycles.